The average Bonchev–Trinajstić information content (AvgIpc) is 2.81. The standard InChI is InChI=1S/C16H22N4O.ClH/c1-20(14-8-5-10-17-11-9-14)12-15-18-16(19-21-15)13-6-3-2-4-7-13;/h2-4,6-7,14,17H,5,8-12H2,1H3;1H. The van der Waals surface area contributed by atoms with Crippen LogP contribution in [0.1, 0.15) is 25.2 Å². The van der Waals surface area contributed by atoms with Crippen LogP contribution in [-0.4, -0.2) is 41.2 Å². The minimum atomic E-state index is 0. The van der Waals surface area contributed by atoms with Crippen molar-refractivity contribution in [2.45, 2.75) is 31.8 Å². The lowest BCUT2D eigenvalue weighted by Crippen LogP contribution is -2.32. The fraction of sp³-hybridized carbons (Fsp3) is 0.500. The van der Waals surface area contributed by atoms with Crippen molar-refractivity contribution < 1.29 is 4.52 Å². The maximum Gasteiger partial charge on any atom is 0.241 e. The van der Waals surface area contributed by atoms with E-state index in [1.165, 1.54) is 19.3 Å². The molecule has 1 aromatic heterocycles. The number of rotatable bonds is 4. The second-order valence-electron chi connectivity index (χ2n) is 5.63. The lowest BCUT2D eigenvalue weighted by atomic mass is 10.1. The normalized spacial score (nSPS) is 18.7. The van der Waals surface area contributed by atoms with E-state index >= 15 is 0 Å². The summed E-state index contributed by atoms with van der Waals surface area (Å²) in [4.78, 5) is 6.83. The van der Waals surface area contributed by atoms with E-state index in [1.54, 1.807) is 0 Å². The summed E-state index contributed by atoms with van der Waals surface area (Å²) >= 11 is 0. The lowest BCUT2D eigenvalue weighted by Gasteiger charge is -2.25. The third-order valence-electron chi connectivity index (χ3n) is 4.05. The molecule has 1 unspecified atom stereocenters. The highest BCUT2D eigenvalue weighted by Gasteiger charge is 2.19. The molecule has 1 aliphatic heterocycles. The monoisotopic (exact) mass is 322 g/mol. The molecule has 1 aromatic carbocycles. The summed E-state index contributed by atoms with van der Waals surface area (Å²) < 4.78 is 5.39. The molecule has 0 bridgehead atoms. The first-order chi connectivity index (χ1) is 10.3. The van der Waals surface area contributed by atoms with Crippen LogP contribution in [0.5, 0.6) is 0 Å². The fourth-order valence-corrected chi connectivity index (χ4v) is 2.81. The van der Waals surface area contributed by atoms with E-state index in [0.29, 0.717) is 24.3 Å². The van der Waals surface area contributed by atoms with Gasteiger partial charge in [0.1, 0.15) is 0 Å². The quantitative estimate of drug-likeness (QED) is 0.938. The van der Waals surface area contributed by atoms with E-state index < -0.39 is 0 Å². The molecule has 1 saturated heterocycles. The lowest BCUT2D eigenvalue weighted by molar-refractivity contribution is 0.190. The summed E-state index contributed by atoms with van der Waals surface area (Å²) in [7, 11) is 2.14. The van der Waals surface area contributed by atoms with Gasteiger partial charge in [0.2, 0.25) is 11.7 Å². The molecule has 2 aromatic rings. The Morgan fingerprint density at radius 2 is 2.05 bits per heavy atom. The molecule has 1 atom stereocenters. The number of benzene rings is 1. The van der Waals surface area contributed by atoms with Crippen LogP contribution in [0, 0.1) is 0 Å². The molecule has 5 nitrogen and oxygen atoms in total. The van der Waals surface area contributed by atoms with E-state index in [4.69, 9.17) is 4.52 Å². The second-order valence-corrected chi connectivity index (χ2v) is 5.63. The van der Waals surface area contributed by atoms with Crippen LogP contribution in [0.15, 0.2) is 34.9 Å². The number of halogens is 1. The summed E-state index contributed by atoms with van der Waals surface area (Å²) in [5.41, 5.74) is 0.994. The van der Waals surface area contributed by atoms with E-state index in [9.17, 15) is 0 Å². The van der Waals surface area contributed by atoms with Gasteiger partial charge >= 0.3 is 0 Å². The molecule has 6 heteroatoms. The molecule has 3 rings (SSSR count). The van der Waals surface area contributed by atoms with Gasteiger partial charge in [0.25, 0.3) is 0 Å². The molecular weight excluding hydrogens is 300 g/mol. The van der Waals surface area contributed by atoms with Crippen LogP contribution in [0.25, 0.3) is 11.4 Å². The number of hydrogen-bond donors (Lipinski definition) is 1. The predicted octanol–water partition coefficient (Wildman–Crippen LogP) is 2.73. The average molecular weight is 323 g/mol. The molecule has 1 fully saturated rings. The first kappa shape index (κ1) is 16.9. The molecule has 0 spiro atoms. The Kier molecular flexibility index (Phi) is 6.36. The van der Waals surface area contributed by atoms with Crippen LogP contribution < -0.4 is 5.32 Å². The third-order valence-corrected chi connectivity index (χ3v) is 4.05. The Labute approximate surface area is 137 Å². The second kappa shape index (κ2) is 8.27. The molecule has 2 heterocycles. The van der Waals surface area contributed by atoms with Gasteiger partial charge in [-0.2, -0.15) is 4.98 Å². The third kappa shape index (κ3) is 4.29. The molecule has 22 heavy (non-hydrogen) atoms. The van der Waals surface area contributed by atoms with E-state index in [0.717, 1.165) is 18.7 Å². The SMILES string of the molecule is CN(Cc1nc(-c2ccccc2)no1)C1CCCNCC1.Cl. The van der Waals surface area contributed by atoms with Crippen molar-refractivity contribution in [3.05, 3.63) is 36.2 Å². The minimum absolute atomic E-state index is 0. The highest BCUT2D eigenvalue weighted by atomic mass is 35.5. The Hall–Kier alpha value is -1.43. The summed E-state index contributed by atoms with van der Waals surface area (Å²) in [6.45, 7) is 2.93. The van der Waals surface area contributed by atoms with Gasteiger partial charge in [-0.1, -0.05) is 35.5 Å². The molecule has 0 saturated carbocycles. The van der Waals surface area contributed by atoms with Crippen LogP contribution in [-0.2, 0) is 6.54 Å². The maximum atomic E-state index is 5.39. The Bertz CT molecular complexity index is 552. The molecule has 1 N–H and O–H groups in total. The van der Waals surface area contributed by atoms with Crippen LogP contribution in [0.4, 0.5) is 0 Å². The molecule has 120 valence electrons. The zero-order valence-electron chi connectivity index (χ0n) is 12.9. The van der Waals surface area contributed by atoms with Gasteiger partial charge in [0, 0.05) is 11.6 Å². The number of nitrogens with one attached hydrogen (secondary N) is 1. The highest BCUT2D eigenvalue weighted by Crippen LogP contribution is 2.17. The van der Waals surface area contributed by atoms with Crippen molar-refractivity contribution in [3.8, 4) is 11.4 Å². The summed E-state index contributed by atoms with van der Waals surface area (Å²) in [6.07, 6.45) is 3.63. The number of nitrogens with zero attached hydrogens (tertiary/aromatic N) is 3. The van der Waals surface area contributed by atoms with Gasteiger partial charge in [-0.25, -0.2) is 0 Å². The number of hydrogen-bond acceptors (Lipinski definition) is 5. The van der Waals surface area contributed by atoms with E-state index in [1.807, 2.05) is 30.3 Å². The van der Waals surface area contributed by atoms with Gasteiger partial charge < -0.3 is 9.84 Å². The van der Waals surface area contributed by atoms with Crippen molar-refractivity contribution in [2.75, 3.05) is 20.1 Å². The van der Waals surface area contributed by atoms with Crippen LogP contribution in [0.2, 0.25) is 0 Å². The molecular formula is C16H23ClN4O. The van der Waals surface area contributed by atoms with E-state index in [-0.39, 0.29) is 12.4 Å². The Morgan fingerprint density at radius 3 is 2.86 bits per heavy atom. The smallest absolute Gasteiger partial charge is 0.241 e. The summed E-state index contributed by atoms with van der Waals surface area (Å²) in [5, 5.41) is 7.52. The molecule has 0 aliphatic carbocycles. The van der Waals surface area contributed by atoms with Gasteiger partial charge in [0.05, 0.1) is 6.54 Å². The van der Waals surface area contributed by atoms with Crippen molar-refractivity contribution in [2.24, 2.45) is 0 Å². The maximum absolute atomic E-state index is 5.39. The molecule has 1 aliphatic rings. The summed E-state index contributed by atoms with van der Waals surface area (Å²) in [6, 6.07) is 10.5. The van der Waals surface area contributed by atoms with Crippen molar-refractivity contribution in [1.29, 1.82) is 0 Å². The van der Waals surface area contributed by atoms with Crippen LogP contribution >= 0.6 is 12.4 Å². The van der Waals surface area contributed by atoms with Crippen molar-refractivity contribution in [1.82, 2.24) is 20.4 Å². The van der Waals surface area contributed by atoms with Gasteiger partial charge in [-0.3, -0.25) is 4.90 Å². The Morgan fingerprint density at radius 1 is 1.23 bits per heavy atom. The van der Waals surface area contributed by atoms with Crippen molar-refractivity contribution >= 4 is 12.4 Å². The predicted molar refractivity (Wildman–Crippen MR) is 89.0 cm³/mol. The van der Waals surface area contributed by atoms with E-state index in [2.05, 4.69) is 27.4 Å². The Balaban J connectivity index is 0.00000176. The van der Waals surface area contributed by atoms with Gasteiger partial charge in [-0.05, 0) is 39.4 Å². The summed E-state index contributed by atoms with van der Waals surface area (Å²) in [5.74, 6) is 1.36. The molecule has 0 amide bonds. The van der Waals surface area contributed by atoms with Crippen molar-refractivity contribution in [3.63, 3.8) is 0 Å². The first-order valence-corrected chi connectivity index (χ1v) is 7.62. The van der Waals surface area contributed by atoms with Gasteiger partial charge in [0.15, 0.2) is 0 Å². The number of aromatic nitrogens is 2. The van der Waals surface area contributed by atoms with Crippen LogP contribution in [0.3, 0.4) is 0 Å². The zero-order chi connectivity index (χ0) is 14.5. The zero-order valence-corrected chi connectivity index (χ0v) is 13.7. The topological polar surface area (TPSA) is 54.2 Å². The largest absolute Gasteiger partial charge is 0.338 e. The first-order valence-electron chi connectivity index (χ1n) is 7.62. The van der Waals surface area contributed by atoms with Gasteiger partial charge in [-0.15, -0.1) is 12.4 Å². The highest BCUT2D eigenvalue weighted by molar-refractivity contribution is 5.85. The molecule has 0 radical (unpaired) electrons. The minimum Gasteiger partial charge on any atom is -0.338 e. The fourth-order valence-electron chi connectivity index (χ4n) is 2.81.